The minimum Gasteiger partial charge on any atom is -0.480 e. The number of ketones is 1. The summed E-state index contributed by atoms with van der Waals surface area (Å²) in [5, 5.41) is 8.90. The summed E-state index contributed by atoms with van der Waals surface area (Å²) in [5.74, 6) is -2.32. The summed E-state index contributed by atoms with van der Waals surface area (Å²) in [4.78, 5) is 22.0. The van der Waals surface area contributed by atoms with Crippen LogP contribution in [0.15, 0.2) is 12.2 Å². The van der Waals surface area contributed by atoms with Crippen molar-refractivity contribution in [2.75, 3.05) is 0 Å². The highest BCUT2D eigenvalue weighted by atomic mass is 16.4. The van der Waals surface area contributed by atoms with Gasteiger partial charge in [0.25, 0.3) is 0 Å². The molecular formula is C22H40O3. The largest absolute Gasteiger partial charge is 0.480 e. The fourth-order valence-electron chi connectivity index (χ4n) is 3.08. The van der Waals surface area contributed by atoms with Crippen LogP contribution in [0.5, 0.6) is 0 Å². The monoisotopic (exact) mass is 352 g/mol. The van der Waals surface area contributed by atoms with Crippen molar-refractivity contribution in [2.45, 2.75) is 110 Å². The fourth-order valence-corrected chi connectivity index (χ4v) is 3.08. The molecule has 0 aromatic carbocycles. The van der Waals surface area contributed by atoms with Gasteiger partial charge < -0.3 is 5.11 Å². The zero-order valence-corrected chi connectivity index (χ0v) is 16.6. The number of carboxylic acids is 1. The van der Waals surface area contributed by atoms with Crippen molar-refractivity contribution in [3.05, 3.63) is 12.2 Å². The van der Waals surface area contributed by atoms with E-state index < -0.39 is 11.9 Å². The van der Waals surface area contributed by atoms with Crippen molar-refractivity contribution in [2.24, 2.45) is 5.92 Å². The third-order valence-corrected chi connectivity index (χ3v) is 4.76. The van der Waals surface area contributed by atoms with Crippen molar-refractivity contribution in [1.29, 1.82) is 0 Å². The molecule has 0 saturated heterocycles. The highest BCUT2D eigenvalue weighted by molar-refractivity contribution is 5.98. The first kappa shape index (κ1) is 23.9. The Kier molecular flexibility index (Phi) is 16.9. The number of aliphatic carboxylic acids is 1. The summed E-state index contributed by atoms with van der Waals surface area (Å²) in [6.45, 7) is 3.59. The molecular weight excluding hydrogens is 312 g/mol. The molecule has 0 aliphatic heterocycles. The van der Waals surface area contributed by atoms with Gasteiger partial charge in [0, 0.05) is 0 Å². The van der Waals surface area contributed by atoms with Crippen molar-refractivity contribution in [1.82, 2.24) is 0 Å². The molecule has 0 bridgehead atoms. The lowest BCUT2D eigenvalue weighted by molar-refractivity contribution is -0.143. The van der Waals surface area contributed by atoms with Gasteiger partial charge >= 0.3 is 5.97 Å². The molecule has 1 atom stereocenters. The molecule has 1 unspecified atom stereocenters. The van der Waals surface area contributed by atoms with E-state index in [2.05, 4.69) is 6.92 Å². The Balaban J connectivity index is 3.31. The predicted molar refractivity (Wildman–Crippen MR) is 106 cm³/mol. The number of hydrogen-bond donors (Lipinski definition) is 1. The highest BCUT2D eigenvalue weighted by Gasteiger charge is 2.18. The van der Waals surface area contributed by atoms with Gasteiger partial charge in [0.05, 0.1) is 0 Å². The van der Waals surface area contributed by atoms with Gasteiger partial charge in [-0.05, 0) is 19.8 Å². The molecule has 0 saturated carbocycles. The van der Waals surface area contributed by atoms with Crippen LogP contribution in [0.1, 0.15) is 110 Å². The van der Waals surface area contributed by atoms with Gasteiger partial charge in [-0.3, -0.25) is 9.59 Å². The van der Waals surface area contributed by atoms with Crippen LogP contribution < -0.4 is 0 Å². The Morgan fingerprint density at radius 1 is 0.760 bits per heavy atom. The Labute approximate surface area is 155 Å². The van der Waals surface area contributed by atoms with Gasteiger partial charge in [0.1, 0.15) is 11.7 Å². The van der Waals surface area contributed by atoms with E-state index >= 15 is 0 Å². The average Bonchev–Trinajstić information content (AvgIpc) is 2.57. The molecule has 0 amide bonds. The van der Waals surface area contributed by atoms with E-state index in [1.54, 1.807) is 0 Å². The molecule has 1 N–H and O–H groups in total. The van der Waals surface area contributed by atoms with Crippen LogP contribution in [-0.2, 0) is 9.59 Å². The topological polar surface area (TPSA) is 54.4 Å². The molecule has 25 heavy (non-hydrogen) atoms. The second kappa shape index (κ2) is 17.7. The first-order valence-electron chi connectivity index (χ1n) is 10.5. The molecule has 3 nitrogen and oxygen atoms in total. The van der Waals surface area contributed by atoms with E-state index in [4.69, 9.17) is 5.11 Å². The van der Waals surface area contributed by atoms with E-state index in [1.807, 2.05) is 6.08 Å². The molecule has 3 heteroatoms. The summed E-state index contributed by atoms with van der Waals surface area (Å²) < 4.78 is 0. The van der Waals surface area contributed by atoms with E-state index in [-0.39, 0.29) is 5.78 Å². The summed E-state index contributed by atoms with van der Waals surface area (Å²) in [5.41, 5.74) is 0. The third-order valence-electron chi connectivity index (χ3n) is 4.76. The van der Waals surface area contributed by atoms with Gasteiger partial charge in [0.2, 0.25) is 0 Å². The van der Waals surface area contributed by atoms with Crippen LogP contribution in [-0.4, -0.2) is 16.9 Å². The Bertz CT molecular complexity index is 346. The first-order valence-corrected chi connectivity index (χ1v) is 10.5. The maximum Gasteiger partial charge on any atom is 0.317 e. The smallest absolute Gasteiger partial charge is 0.317 e. The van der Waals surface area contributed by atoms with Crippen LogP contribution in [0.4, 0.5) is 0 Å². The molecule has 0 spiro atoms. The first-order chi connectivity index (χ1) is 12.1. The number of carbonyl (C=O) groups excluding carboxylic acids is 1. The van der Waals surface area contributed by atoms with Gasteiger partial charge in [-0.1, -0.05) is 103 Å². The third kappa shape index (κ3) is 16.1. The standard InChI is InChI=1S/C22H40O3/c1-3-4-5-6-7-8-9-10-11-12-13-14-15-16-17-18-19-21(20(2)23)22(24)25/h18-19,21H,3-17H2,1-2H3,(H,24,25)/b19-18+. The molecule has 0 heterocycles. The second-order valence-corrected chi connectivity index (χ2v) is 7.24. The maximum absolute atomic E-state index is 11.1. The SMILES string of the molecule is CCCCCCCCCCCCCCCC/C=C/C(C(C)=O)C(=O)O. The molecule has 0 aliphatic rings. The van der Waals surface area contributed by atoms with Crippen molar-refractivity contribution >= 4 is 11.8 Å². The zero-order chi connectivity index (χ0) is 18.8. The van der Waals surface area contributed by atoms with Gasteiger partial charge in [-0.25, -0.2) is 0 Å². The number of allylic oxidation sites excluding steroid dienone is 1. The van der Waals surface area contributed by atoms with Crippen LogP contribution in [0, 0.1) is 5.92 Å². The number of hydrogen-bond acceptors (Lipinski definition) is 2. The van der Waals surface area contributed by atoms with Crippen molar-refractivity contribution < 1.29 is 14.7 Å². The normalized spacial score (nSPS) is 12.6. The lowest BCUT2D eigenvalue weighted by atomic mass is 10.0. The van der Waals surface area contributed by atoms with Crippen molar-refractivity contribution in [3.8, 4) is 0 Å². The van der Waals surface area contributed by atoms with Crippen LogP contribution >= 0.6 is 0 Å². The quantitative estimate of drug-likeness (QED) is 0.169. The number of Topliss-reactive ketones (excluding diaryl/α,β-unsaturated/α-hetero) is 1. The minimum absolute atomic E-state index is 0.301. The molecule has 0 aliphatic carbocycles. The van der Waals surface area contributed by atoms with E-state index in [9.17, 15) is 9.59 Å². The summed E-state index contributed by atoms with van der Waals surface area (Å²) in [6.07, 6.45) is 23.0. The lowest BCUT2D eigenvalue weighted by Gasteiger charge is -2.03. The number of carboxylic acid groups (broad SMARTS) is 1. The van der Waals surface area contributed by atoms with Gasteiger partial charge in [0.15, 0.2) is 0 Å². The lowest BCUT2D eigenvalue weighted by Crippen LogP contribution is -2.18. The number of unbranched alkanes of at least 4 members (excludes halogenated alkanes) is 14. The van der Waals surface area contributed by atoms with Gasteiger partial charge in [-0.2, -0.15) is 0 Å². The van der Waals surface area contributed by atoms with E-state index in [1.165, 1.54) is 96.5 Å². The number of carbonyl (C=O) groups is 2. The average molecular weight is 353 g/mol. The summed E-state index contributed by atoms with van der Waals surface area (Å²) in [7, 11) is 0. The van der Waals surface area contributed by atoms with E-state index in [0.29, 0.717) is 0 Å². The molecule has 0 radical (unpaired) electrons. The molecule has 0 rings (SSSR count). The molecule has 0 fully saturated rings. The fraction of sp³-hybridized carbons (Fsp3) is 0.818. The summed E-state index contributed by atoms with van der Waals surface area (Å²) >= 11 is 0. The van der Waals surface area contributed by atoms with Crippen LogP contribution in [0.3, 0.4) is 0 Å². The molecule has 0 aromatic rings. The number of rotatable bonds is 18. The molecule has 146 valence electrons. The minimum atomic E-state index is -1.05. The van der Waals surface area contributed by atoms with Crippen LogP contribution in [0.2, 0.25) is 0 Å². The van der Waals surface area contributed by atoms with Crippen LogP contribution in [0.25, 0.3) is 0 Å². The van der Waals surface area contributed by atoms with E-state index in [0.717, 1.165) is 12.8 Å². The Morgan fingerprint density at radius 2 is 1.16 bits per heavy atom. The Morgan fingerprint density at radius 3 is 1.52 bits per heavy atom. The second-order valence-electron chi connectivity index (χ2n) is 7.24. The summed E-state index contributed by atoms with van der Waals surface area (Å²) in [6, 6.07) is 0. The maximum atomic E-state index is 11.1. The Hall–Kier alpha value is -1.12. The molecule has 0 aromatic heterocycles. The highest BCUT2D eigenvalue weighted by Crippen LogP contribution is 2.13. The van der Waals surface area contributed by atoms with Crippen molar-refractivity contribution in [3.63, 3.8) is 0 Å². The predicted octanol–water partition coefficient (Wildman–Crippen LogP) is 6.70. The zero-order valence-electron chi connectivity index (χ0n) is 16.6. The van der Waals surface area contributed by atoms with Gasteiger partial charge in [-0.15, -0.1) is 0 Å².